The molecule has 98 valence electrons. The van der Waals surface area contributed by atoms with E-state index >= 15 is 0 Å². The minimum absolute atomic E-state index is 0.0475. The molecule has 0 aromatic heterocycles. The van der Waals surface area contributed by atoms with Crippen LogP contribution in [0.4, 0.5) is 10.1 Å². The van der Waals surface area contributed by atoms with Gasteiger partial charge in [0.05, 0.1) is 23.2 Å². The van der Waals surface area contributed by atoms with Crippen LogP contribution < -0.4 is 15.8 Å². The molecular formula is C12H14BrFN2O2. The third kappa shape index (κ3) is 3.60. The Bertz CT molecular complexity index is 464. The van der Waals surface area contributed by atoms with Crippen LogP contribution in [0.25, 0.3) is 0 Å². The van der Waals surface area contributed by atoms with Crippen LogP contribution in [-0.2, 0) is 4.79 Å². The maximum atomic E-state index is 13.3. The van der Waals surface area contributed by atoms with Crippen LogP contribution >= 0.6 is 15.9 Å². The molecule has 1 aromatic carbocycles. The summed E-state index contributed by atoms with van der Waals surface area (Å²) in [4.78, 5) is 11.4. The zero-order chi connectivity index (χ0) is 13.1. The first-order chi connectivity index (χ1) is 8.56. The van der Waals surface area contributed by atoms with Crippen LogP contribution in [-0.4, -0.2) is 18.6 Å². The largest absolute Gasteiger partial charge is 0.491 e. The Labute approximate surface area is 113 Å². The summed E-state index contributed by atoms with van der Waals surface area (Å²) in [6.45, 7) is 0.184. The lowest BCUT2D eigenvalue weighted by Crippen LogP contribution is -2.26. The molecular weight excluding hydrogens is 303 g/mol. The zero-order valence-electron chi connectivity index (χ0n) is 9.71. The number of amides is 1. The van der Waals surface area contributed by atoms with E-state index in [1.165, 1.54) is 12.1 Å². The van der Waals surface area contributed by atoms with Gasteiger partial charge in [-0.05, 0) is 34.8 Å². The number of rotatable bonds is 5. The maximum Gasteiger partial charge on any atom is 0.223 e. The first kappa shape index (κ1) is 13.1. The van der Waals surface area contributed by atoms with Crippen molar-refractivity contribution in [1.82, 2.24) is 5.32 Å². The highest BCUT2D eigenvalue weighted by Crippen LogP contribution is 2.28. The van der Waals surface area contributed by atoms with Gasteiger partial charge in [0.1, 0.15) is 11.6 Å². The highest BCUT2D eigenvalue weighted by molar-refractivity contribution is 9.10. The van der Waals surface area contributed by atoms with E-state index < -0.39 is 5.82 Å². The van der Waals surface area contributed by atoms with Gasteiger partial charge in [0, 0.05) is 12.1 Å². The van der Waals surface area contributed by atoms with Crippen molar-refractivity contribution in [3.63, 3.8) is 0 Å². The molecule has 18 heavy (non-hydrogen) atoms. The number of halogens is 2. The fourth-order valence-electron chi connectivity index (χ4n) is 1.45. The molecule has 0 bridgehead atoms. The average molecular weight is 317 g/mol. The van der Waals surface area contributed by atoms with Crippen molar-refractivity contribution in [3.05, 3.63) is 22.4 Å². The standard InChI is InChI=1S/C12H14BrFN2O2/c13-8-5-10(15)11(6-9(8)14)18-4-3-12(17)16-7-1-2-7/h5-7H,1-4,15H2,(H,16,17). The van der Waals surface area contributed by atoms with E-state index in [4.69, 9.17) is 10.5 Å². The lowest BCUT2D eigenvalue weighted by Gasteiger charge is -2.09. The van der Waals surface area contributed by atoms with Crippen LogP contribution in [0.1, 0.15) is 19.3 Å². The molecule has 3 N–H and O–H groups in total. The molecule has 0 radical (unpaired) electrons. The van der Waals surface area contributed by atoms with Crippen molar-refractivity contribution < 1.29 is 13.9 Å². The Morgan fingerprint density at radius 2 is 2.28 bits per heavy atom. The van der Waals surface area contributed by atoms with Crippen LogP contribution in [0.5, 0.6) is 5.75 Å². The van der Waals surface area contributed by atoms with Gasteiger partial charge in [-0.2, -0.15) is 0 Å². The minimum atomic E-state index is -0.443. The van der Waals surface area contributed by atoms with Crippen LogP contribution in [0, 0.1) is 5.82 Å². The van der Waals surface area contributed by atoms with Gasteiger partial charge >= 0.3 is 0 Å². The number of ether oxygens (including phenoxy) is 1. The predicted molar refractivity (Wildman–Crippen MR) is 69.8 cm³/mol. The molecule has 6 heteroatoms. The van der Waals surface area contributed by atoms with E-state index in [1.807, 2.05) is 0 Å². The summed E-state index contributed by atoms with van der Waals surface area (Å²) in [5, 5.41) is 2.84. The van der Waals surface area contributed by atoms with E-state index in [9.17, 15) is 9.18 Å². The molecule has 0 saturated heterocycles. The minimum Gasteiger partial charge on any atom is -0.491 e. The van der Waals surface area contributed by atoms with Gasteiger partial charge in [0.2, 0.25) is 5.91 Å². The Morgan fingerprint density at radius 3 is 2.94 bits per heavy atom. The molecule has 1 amide bonds. The molecule has 1 aliphatic rings. The van der Waals surface area contributed by atoms with Gasteiger partial charge in [-0.3, -0.25) is 4.79 Å². The van der Waals surface area contributed by atoms with E-state index in [0.29, 0.717) is 16.2 Å². The molecule has 0 atom stereocenters. The quantitative estimate of drug-likeness (QED) is 0.819. The highest BCUT2D eigenvalue weighted by atomic mass is 79.9. The molecule has 2 rings (SSSR count). The van der Waals surface area contributed by atoms with Crippen molar-refractivity contribution in [2.75, 3.05) is 12.3 Å². The maximum absolute atomic E-state index is 13.3. The number of carbonyl (C=O) groups excluding carboxylic acids is 1. The first-order valence-corrected chi connectivity index (χ1v) is 6.52. The molecule has 1 aromatic rings. The van der Waals surface area contributed by atoms with Crippen molar-refractivity contribution >= 4 is 27.5 Å². The smallest absolute Gasteiger partial charge is 0.223 e. The first-order valence-electron chi connectivity index (χ1n) is 5.73. The Hall–Kier alpha value is -1.30. The fourth-order valence-corrected chi connectivity index (χ4v) is 1.81. The average Bonchev–Trinajstić information content (AvgIpc) is 3.09. The summed E-state index contributed by atoms with van der Waals surface area (Å²) in [5.41, 5.74) is 6.01. The molecule has 1 fully saturated rings. The molecule has 0 unspecified atom stereocenters. The molecule has 0 aliphatic heterocycles. The van der Waals surface area contributed by atoms with Gasteiger partial charge < -0.3 is 15.8 Å². The Morgan fingerprint density at radius 1 is 1.56 bits per heavy atom. The van der Waals surface area contributed by atoms with Crippen LogP contribution in [0.2, 0.25) is 0 Å². The molecule has 1 saturated carbocycles. The summed E-state index contributed by atoms with van der Waals surface area (Å²) >= 11 is 3.03. The summed E-state index contributed by atoms with van der Waals surface area (Å²) in [6.07, 6.45) is 2.35. The topological polar surface area (TPSA) is 64.3 Å². The summed E-state index contributed by atoms with van der Waals surface area (Å²) in [5.74, 6) is -0.231. The van der Waals surface area contributed by atoms with Crippen molar-refractivity contribution in [2.45, 2.75) is 25.3 Å². The Kier molecular flexibility index (Phi) is 4.06. The summed E-state index contributed by atoms with van der Waals surface area (Å²) in [6, 6.07) is 2.99. The van der Waals surface area contributed by atoms with Gasteiger partial charge in [0.15, 0.2) is 0 Å². The third-order valence-electron chi connectivity index (χ3n) is 2.58. The number of nitrogens with two attached hydrogens (primary N) is 1. The van der Waals surface area contributed by atoms with Gasteiger partial charge in [-0.25, -0.2) is 4.39 Å². The summed E-state index contributed by atoms with van der Waals surface area (Å²) in [7, 11) is 0. The number of nitrogens with one attached hydrogen (secondary N) is 1. The van der Waals surface area contributed by atoms with Crippen LogP contribution in [0.3, 0.4) is 0 Å². The number of carbonyl (C=O) groups is 1. The van der Waals surface area contributed by atoms with Crippen molar-refractivity contribution in [1.29, 1.82) is 0 Å². The third-order valence-corrected chi connectivity index (χ3v) is 3.19. The Balaban J connectivity index is 1.82. The molecule has 0 heterocycles. The second-order valence-corrected chi connectivity index (χ2v) is 5.10. The predicted octanol–water partition coefficient (Wildman–Crippen LogP) is 2.22. The van der Waals surface area contributed by atoms with Crippen molar-refractivity contribution in [2.24, 2.45) is 0 Å². The molecule has 0 spiro atoms. The monoisotopic (exact) mass is 316 g/mol. The second kappa shape index (κ2) is 5.56. The van der Waals surface area contributed by atoms with Gasteiger partial charge in [0.25, 0.3) is 0 Å². The van der Waals surface area contributed by atoms with Gasteiger partial charge in [-0.15, -0.1) is 0 Å². The molecule has 4 nitrogen and oxygen atoms in total. The van der Waals surface area contributed by atoms with E-state index in [-0.39, 0.29) is 24.7 Å². The number of hydrogen-bond donors (Lipinski definition) is 2. The zero-order valence-corrected chi connectivity index (χ0v) is 11.3. The van der Waals surface area contributed by atoms with Gasteiger partial charge in [-0.1, -0.05) is 0 Å². The lowest BCUT2D eigenvalue weighted by atomic mass is 10.3. The number of hydrogen-bond acceptors (Lipinski definition) is 3. The second-order valence-electron chi connectivity index (χ2n) is 4.24. The SMILES string of the molecule is Nc1cc(Br)c(F)cc1OCCC(=O)NC1CC1. The summed E-state index contributed by atoms with van der Waals surface area (Å²) < 4.78 is 18.9. The van der Waals surface area contributed by atoms with Crippen molar-refractivity contribution in [3.8, 4) is 5.75 Å². The number of nitrogen functional groups attached to an aromatic ring is 1. The lowest BCUT2D eigenvalue weighted by molar-refractivity contribution is -0.121. The molecule has 1 aliphatic carbocycles. The van der Waals surface area contributed by atoms with E-state index in [2.05, 4.69) is 21.2 Å². The highest BCUT2D eigenvalue weighted by Gasteiger charge is 2.22. The number of benzene rings is 1. The normalized spacial score (nSPS) is 14.3. The van der Waals surface area contributed by atoms with Crippen LogP contribution in [0.15, 0.2) is 16.6 Å². The van der Waals surface area contributed by atoms with E-state index in [1.54, 1.807) is 0 Å². The number of anilines is 1. The van der Waals surface area contributed by atoms with E-state index in [0.717, 1.165) is 12.8 Å². The fraction of sp³-hybridized carbons (Fsp3) is 0.417.